The highest BCUT2D eigenvalue weighted by atomic mass is 35.5. The number of amides is 1. The number of halogens is 2. The van der Waals surface area contributed by atoms with Crippen LogP contribution < -0.4 is 10.6 Å². The molecule has 7 heteroatoms. The summed E-state index contributed by atoms with van der Waals surface area (Å²) >= 11 is 12.2. The maximum absolute atomic E-state index is 13.0. The van der Waals surface area contributed by atoms with Crippen molar-refractivity contribution in [1.29, 1.82) is 0 Å². The van der Waals surface area contributed by atoms with Crippen molar-refractivity contribution in [2.75, 3.05) is 10.6 Å². The van der Waals surface area contributed by atoms with Gasteiger partial charge in [0.15, 0.2) is 0 Å². The molecule has 2 aromatic carbocycles. The fourth-order valence-electron chi connectivity index (χ4n) is 3.06. The minimum absolute atomic E-state index is 0.288. The molecule has 1 amide bonds. The van der Waals surface area contributed by atoms with Gasteiger partial charge in [-0.3, -0.25) is 9.78 Å². The molecule has 0 radical (unpaired) electrons. The molecule has 154 valence electrons. The molecule has 0 aliphatic heterocycles. The molecular weight excluding hydrogens is 431 g/mol. The fourth-order valence-corrected chi connectivity index (χ4v) is 3.40. The maximum Gasteiger partial charge on any atom is 0.258 e. The van der Waals surface area contributed by atoms with Crippen molar-refractivity contribution >= 4 is 40.6 Å². The second-order valence-corrected chi connectivity index (χ2v) is 7.59. The summed E-state index contributed by atoms with van der Waals surface area (Å²) < 4.78 is 0. The zero-order valence-corrected chi connectivity index (χ0v) is 17.9. The van der Waals surface area contributed by atoms with Gasteiger partial charge >= 0.3 is 0 Å². The van der Waals surface area contributed by atoms with Crippen LogP contribution in [-0.4, -0.2) is 15.9 Å². The molecule has 2 aromatic heterocycles. The highest BCUT2D eigenvalue weighted by Gasteiger charge is 2.15. The highest BCUT2D eigenvalue weighted by Crippen LogP contribution is 2.30. The first-order valence-corrected chi connectivity index (χ1v) is 10.3. The van der Waals surface area contributed by atoms with E-state index in [0.29, 0.717) is 39.4 Å². The molecule has 0 atom stereocenters. The van der Waals surface area contributed by atoms with E-state index < -0.39 is 0 Å². The van der Waals surface area contributed by atoms with Gasteiger partial charge in [-0.2, -0.15) is 0 Å². The Bertz CT molecular complexity index is 1200. The molecule has 0 spiro atoms. The SMILES string of the molecule is O=C(Nc1ccc(Cl)cn1)c1ccc(-c2ncccc2Cl)cc1NCc1ccccc1. The lowest BCUT2D eigenvalue weighted by molar-refractivity contribution is 0.102. The van der Waals surface area contributed by atoms with Crippen LogP contribution in [0.2, 0.25) is 10.0 Å². The Balaban J connectivity index is 1.66. The molecule has 0 saturated heterocycles. The monoisotopic (exact) mass is 448 g/mol. The average Bonchev–Trinajstić information content (AvgIpc) is 2.80. The van der Waals surface area contributed by atoms with Crippen LogP contribution in [0.3, 0.4) is 0 Å². The first kappa shape index (κ1) is 20.8. The van der Waals surface area contributed by atoms with Crippen LogP contribution in [-0.2, 0) is 6.54 Å². The number of hydrogen-bond acceptors (Lipinski definition) is 4. The van der Waals surface area contributed by atoms with Crippen LogP contribution in [0.4, 0.5) is 11.5 Å². The summed E-state index contributed by atoms with van der Waals surface area (Å²) in [7, 11) is 0. The van der Waals surface area contributed by atoms with Crippen molar-refractivity contribution in [3.8, 4) is 11.3 Å². The summed E-state index contributed by atoms with van der Waals surface area (Å²) in [4.78, 5) is 21.5. The summed E-state index contributed by atoms with van der Waals surface area (Å²) in [5.74, 6) is 0.129. The highest BCUT2D eigenvalue weighted by molar-refractivity contribution is 6.33. The van der Waals surface area contributed by atoms with Gasteiger partial charge in [-0.15, -0.1) is 0 Å². The minimum atomic E-state index is -0.288. The van der Waals surface area contributed by atoms with Gasteiger partial charge in [-0.1, -0.05) is 59.6 Å². The molecule has 2 N–H and O–H groups in total. The molecule has 0 fully saturated rings. The molecular formula is C24H18Cl2N4O. The van der Waals surface area contributed by atoms with E-state index >= 15 is 0 Å². The predicted molar refractivity (Wildman–Crippen MR) is 126 cm³/mol. The van der Waals surface area contributed by atoms with Crippen molar-refractivity contribution in [1.82, 2.24) is 9.97 Å². The Morgan fingerprint density at radius 2 is 1.74 bits per heavy atom. The van der Waals surface area contributed by atoms with Gasteiger partial charge < -0.3 is 10.6 Å². The second kappa shape index (κ2) is 9.60. The zero-order chi connectivity index (χ0) is 21.6. The van der Waals surface area contributed by atoms with E-state index in [2.05, 4.69) is 20.6 Å². The van der Waals surface area contributed by atoms with E-state index in [4.69, 9.17) is 23.2 Å². The number of benzene rings is 2. The molecule has 0 saturated carbocycles. The number of rotatable bonds is 6. The first-order chi connectivity index (χ1) is 15.1. The molecule has 31 heavy (non-hydrogen) atoms. The molecule has 0 unspecified atom stereocenters. The molecule has 4 aromatic rings. The molecule has 0 aliphatic carbocycles. The summed E-state index contributed by atoms with van der Waals surface area (Å²) in [6, 6.07) is 22.3. The molecule has 5 nitrogen and oxygen atoms in total. The number of nitrogens with zero attached hydrogens (tertiary/aromatic N) is 2. The van der Waals surface area contributed by atoms with Gasteiger partial charge in [-0.05, 0) is 42.0 Å². The number of aromatic nitrogens is 2. The van der Waals surface area contributed by atoms with Gasteiger partial charge in [-0.25, -0.2) is 4.98 Å². The van der Waals surface area contributed by atoms with Gasteiger partial charge in [0, 0.05) is 30.2 Å². The molecule has 0 aliphatic rings. The van der Waals surface area contributed by atoms with Crippen LogP contribution in [0.15, 0.2) is 85.2 Å². The van der Waals surface area contributed by atoms with E-state index in [9.17, 15) is 4.79 Å². The number of carbonyl (C=O) groups is 1. The summed E-state index contributed by atoms with van der Waals surface area (Å²) in [6.07, 6.45) is 3.17. The van der Waals surface area contributed by atoms with Gasteiger partial charge in [0.1, 0.15) is 5.82 Å². The first-order valence-electron chi connectivity index (χ1n) is 9.56. The van der Waals surface area contributed by atoms with Crippen molar-refractivity contribution in [3.63, 3.8) is 0 Å². The number of hydrogen-bond donors (Lipinski definition) is 2. The van der Waals surface area contributed by atoms with Gasteiger partial charge in [0.25, 0.3) is 5.91 Å². The van der Waals surface area contributed by atoms with E-state index in [1.54, 1.807) is 36.5 Å². The lowest BCUT2D eigenvalue weighted by Gasteiger charge is -2.14. The number of pyridine rings is 2. The topological polar surface area (TPSA) is 66.9 Å². The third-order valence-electron chi connectivity index (χ3n) is 4.59. The van der Waals surface area contributed by atoms with E-state index in [1.807, 2.05) is 42.5 Å². The van der Waals surface area contributed by atoms with Gasteiger partial charge in [0.05, 0.1) is 21.3 Å². The van der Waals surface area contributed by atoms with Crippen LogP contribution >= 0.6 is 23.2 Å². The largest absolute Gasteiger partial charge is 0.380 e. The third kappa shape index (κ3) is 5.20. The Labute approximate surface area is 190 Å². The Hall–Kier alpha value is -3.41. The number of nitrogens with one attached hydrogen (secondary N) is 2. The van der Waals surface area contributed by atoms with Crippen LogP contribution in [0.1, 0.15) is 15.9 Å². The molecule has 0 bridgehead atoms. The van der Waals surface area contributed by atoms with E-state index in [1.165, 1.54) is 6.20 Å². The van der Waals surface area contributed by atoms with Crippen LogP contribution in [0.5, 0.6) is 0 Å². The summed E-state index contributed by atoms with van der Waals surface area (Å²) in [5.41, 5.74) is 3.69. The van der Waals surface area contributed by atoms with Crippen molar-refractivity contribution in [2.45, 2.75) is 6.54 Å². The Kier molecular flexibility index (Phi) is 6.46. The van der Waals surface area contributed by atoms with Crippen molar-refractivity contribution < 1.29 is 4.79 Å². The number of anilines is 2. The minimum Gasteiger partial charge on any atom is -0.380 e. The molecule has 2 heterocycles. The maximum atomic E-state index is 13.0. The van der Waals surface area contributed by atoms with Gasteiger partial charge in [0.2, 0.25) is 0 Å². The van der Waals surface area contributed by atoms with Crippen molar-refractivity contribution in [3.05, 3.63) is 106 Å². The summed E-state index contributed by atoms with van der Waals surface area (Å²) in [6.45, 7) is 0.555. The normalized spacial score (nSPS) is 10.5. The Morgan fingerprint density at radius 3 is 2.48 bits per heavy atom. The zero-order valence-electron chi connectivity index (χ0n) is 16.3. The summed E-state index contributed by atoms with van der Waals surface area (Å²) in [5, 5.41) is 7.21. The van der Waals surface area contributed by atoms with Crippen LogP contribution in [0.25, 0.3) is 11.3 Å². The van der Waals surface area contributed by atoms with E-state index in [0.717, 1.165) is 11.1 Å². The predicted octanol–water partition coefficient (Wildman–Crippen LogP) is 6.31. The smallest absolute Gasteiger partial charge is 0.258 e. The standard InChI is InChI=1S/C24H18Cl2N4O/c25-18-9-11-22(29-15-18)30-24(31)19-10-8-17(23-20(26)7-4-12-27-23)13-21(19)28-14-16-5-2-1-3-6-16/h1-13,15,28H,14H2,(H,29,30,31). The molecule has 4 rings (SSSR count). The van der Waals surface area contributed by atoms with Crippen molar-refractivity contribution in [2.24, 2.45) is 0 Å². The quantitative estimate of drug-likeness (QED) is 0.362. The lowest BCUT2D eigenvalue weighted by atomic mass is 10.0. The Morgan fingerprint density at radius 1 is 0.903 bits per heavy atom. The van der Waals surface area contributed by atoms with Crippen LogP contribution in [0, 0.1) is 0 Å². The lowest BCUT2D eigenvalue weighted by Crippen LogP contribution is -2.15. The third-order valence-corrected chi connectivity index (χ3v) is 5.12. The van der Waals surface area contributed by atoms with E-state index in [-0.39, 0.29) is 5.91 Å². The second-order valence-electron chi connectivity index (χ2n) is 6.75. The number of carbonyl (C=O) groups excluding carboxylic acids is 1. The fraction of sp³-hybridized carbons (Fsp3) is 0.0417. The average molecular weight is 449 g/mol.